The summed E-state index contributed by atoms with van der Waals surface area (Å²) in [5, 5.41) is 16.2. The quantitative estimate of drug-likeness (QED) is 0.463. The van der Waals surface area contributed by atoms with Crippen molar-refractivity contribution in [2.45, 2.75) is 12.1 Å². The van der Waals surface area contributed by atoms with E-state index in [4.69, 9.17) is 23.2 Å². The topological polar surface area (TPSA) is 81.7 Å². The van der Waals surface area contributed by atoms with E-state index < -0.39 is 35.7 Å². The molecule has 10 heteroatoms. The number of carbonyl (C=O) groups is 2. The lowest BCUT2D eigenvalue weighted by atomic mass is 9.96. The van der Waals surface area contributed by atoms with Gasteiger partial charge in [-0.3, -0.25) is 9.69 Å². The summed E-state index contributed by atoms with van der Waals surface area (Å²) in [5.41, 5.74) is 1.79. The van der Waals surface area contributed by atoms with Gasteiger partial charge < -0.3 is 15.7 Å². The van der Waals surface area contributed by atoms with Crippen molar-refractivity contribution >= 4 is 46.5 Å². The lowest BCUT2D eigenvalue weighted by Crippen LogP contribution is -2.34. The highest BCUT2D eigenvalue weighted by Gasteiger charge is 2.36. The van der Waals surface area contributed by atoms with E-state index in [0.29, 0.717) is 22.4 Å². The highest BCUT2D eigenvalue weighted by Crippen LogP contribution is 2.41. The number of anilines is 2. The van der Waals surface area contributed by atoms with Gasteiger partial charge in [0.05, 0.1) is 30.1 Å². The fraction of sp³-hybridized carbons (Fsp3) is 0.130. The molecular formula is C23H15Cl2F2N3O3. The van der Waals surface area contributed by atoms with Crippen molar-refractivity contribution < 1.29 is 23.5 Å². The zero-order valence-corrected chi connectivity index (χ0v) is 18.2. The fourth-order valence-electron chi connectivity index (χ4n) is 4.25. The van der Waals surface area contributed by atoms with Crippen LogP contribution in [0.4, 0.5) is 25.0 Å². The second-order valence-corrected chi connectivity index (χ2v) is 8.59. The first-order chi connectivity index (χ1) is 15.7. The molecule has 2 aliphatic rings. The van der Waals surface area contributed by atoms with Crippen LogP contribution in [0.15, 0.2) is 48.5 Å². The Morgan fingerprint density at radius 1 is 1.06 bits per heavy atom. The van der Waals surface area contributed by atoms with E-state index in [1.165, 1.54) is 53.4 Å². The van der Waals surface area contributed by atoms with Crippen molar-refractivity contribution in [3.05, 3.63) is 92.5 Å². The summed E-state index contributed by atoms with van der Waals surface area (Å²) < 4.78 is 27.5. The van der Waals surface area contributed by atoms with Gasteiger partial charge in [-0.2, -0.15) is 0 Å². The van der Waals surface area contributed by atoms with Crippen LogP contribution in [0.25, 0.3) is 0 Å². The van der Waals surface area contributed by atoms with Gasteiger partial charge >= 0.3 is 6.03 Å². The number of aliphatic hydroxyl groups is 1. The Morgan fingerprint density at radius 2 is 1.76 bits per heavy atom. The highest BCUT2D eigenvalue weighted by molar-refractivity contribution is 6.32. The molecule has 6 nitrogen and oxygen atoms in total. The number of hydrogen-bond acceptors (Lipinski definition) is 3. The fourth-order valence-corrected chi connectivity index (χ4v) is 4.70. The first kappa shape index (κ1) is 21.6. The minimum absolute atomic E-state index is 0.0797. The number of fused-ring (bicyclic) bond motifs is 2. The summed E-state index contributed by atoms with van der Waals surface area (Å²) in [6, 6.07) is 9.05. The molecule has 0 saturated carbocycles. The summed E-state index contributed by atoms with van der Waals surface area (Å²) in [7, 11) is 0. The number of amides is 3. The van der Waals surface area contributed by atoms with E-state index >= 15 is 0 Å². The minimum atomic E-state index is -1.05. The van der Waals surface area contributed by atoms with E-state index in [1.54, 1.807) is 0 Å². The molecule has 3 aromatic rings. The molecule has 3 amide bonds. The molecule has 2 heterocycles. The molecule has 0 spiro atoms. The van der Waals surface area contributed by atoms with Crippen molar-refractivity contribution in [1.29, 1.82) is 0 Å². The van der Waals surface area contributed by atoms with Crippen molar-refractivity contribution in [3.63, 3.8) is 0 Å². The summed E-state index contributed by atoms with van der Waals surface area (Å²) in [4.78, 5) is 27.0. The first-order valence-electron chi connectivity index (χ1n) is 9.88. The zero-order valence-electron chi connectivity index (χ0n) is 16.7. The third-order valence-electron chi connectivity index (χ3n) is 5.70. The van der Waals surface area contributed by atoms with Crippen LogP contribution in [0.5, 0.6) is 0 Å². The number of benzene rings is 3. The number of aliphatic hydroxyl groups excluding tert-OH is 1. The molecule has 2 atom stereocenters. The Bertz CT molecular complexity index is 1330. The maximum Gasteiger partial charge on any atom is 0.326 e. The van der Waals surface area contributed by atoms with Crippen molar-refractivity contribution in [2.75, 3.05) is 16.8 Å². The molecule has 0 fully saturated rings. The average Bonchev–Trinajstić information content (AvgIpc) is 3.27. The van der Waals surface area contributed by atoms with Gasteiger partial charge in [0.2, 0.25) is 0 Å². The van der Waals surface area contributed by atoms with Gasteiger partial charge in [-0.1, -0.05) is 23.2 Å². The molecule has 3 aromatic carbocycles. The molecule has 0 bridgehead atoms. The van der Waals surface area contributed by atoms with Crippen LogP contribution in [0.2, 0.25) is 10.0 Å². The maximum absolute atomic E-state index is 13.9. The summed E-state index contributed by atoms with van der Waals surface area (Å²) >= 11 is 12.5. The van der Waals surface area contributed by atoms with Crippen LogP contribution >= 0.6 is 23.2 Å². The normalized spacial score (nSPS) is 18.7. The Morgan fingerprint density at radius 3 is 2.52 bits per heavy atom. The monoisotopic (exact) mass is 489 g/mol. The molecule has 2 aliphatic heterocycles. The SMILES string of the molecule is O=C1N[C@H](c2cc(F)ccc2Cl)c2c(NC(=O)N3C[C@@H](O)c4cc(F)ccc43)cc(Cl)cc21. The number of urea groups is 1. The average molecular weight is 490 g/mol. The molecule has 0 radical (unpaired) electrons. The summed E-state index contributed by atoms with van der Waals surface area (Å²) in [6.45, 7) is -0.0797. The highest BCUT2D eigenvalue weighted by atomic mass is 35.5. The molecule has 3 N–H and O–H groups in total. The Hall–Kier alpha value is -3.20. The summed E-state index contributed by atoms with van der Waals surface area (Å²) in [6.07, 6.45) is -1.05. The first-order valence-corrected chi connectivity index (χ1v) is 10.6. The van der Waals surface area contributed by atoms with Crippen molar-refractivity contribution in [1.82, 2.24) is 5.32 Å². The van der Waals surface area contributed by atoms with E-state index in [-0.39, 0.29) is 27.8 Å². The predicted octanol–water partition coefficient (Wildman–Crippen LogP) is 5.19. The van der Waals surface area contributed by atoms with Crippen LogP contribution in [0.3, 0.4) is 0 Å². The Kier molecular flexibility index (Phi) is 5.23. The van der Waals surface area contributed by atoms with Gasteiger partial charge in [0.1, 0.15) is 11.6 Å². The molecule has 33 heavy (non-hydrogen) atoms. The maximum atomic E-state index is 13.9. The standard InChI is InChI=1S/C23H15Cl2F2N3O3/c24-10-5-15-20(21(29-22(15)32)13-7-11(26)1-3-16(13)25)17(6-10)28-23(33)30-9-19(31)14-8-12(27)2-4-18(14)30/h1-8,19,21,31H,9H2,(H,28,33)(H,29,32)/t19-,21-/m1/s1. The molecule has 0 saturated heterocycles. The third-order valence-corrected chi connectivity index (χ3v) is 6.27. The van der Waals surface area contributed by atoms with Gasteiger partial charge in [-0.05, 0) is 48.5 Å². The Balaban J connectivity index is 1.55. The number of nitrogens with one attached hydrogen (secondary N) is 2. The molecule has 0 unspecified atom stereocenters. The second kappa shape index (κ2) is 7.98. The van der Waals surface area contributed by atoms with E-state index in [2.05, 4.69) is 10.6 Å². The number of carbonyl (C=O) groups excluding carboxylic acids is 2. The number of nitrogens with zero attached hydrogens (tertiary/aromatic N) is 1. The Labute approximate surface area is 196 Å². The van der Waals surface area contributed by atoms with Crippen LogP contribution < -0.4 is 15.5 Å². The van der Waals surface area contributed by atoms with Crippen molar-refractivity contribution in [2.24, 2.45) is 0 Å². The summed E-state index contributed by atoms with van der Waals surface area (Å²) in [5.74, 6) is -1.51. The lowest BCUT2D eigenvalue weighted by Gasteiger charge is -2.21. The number of hydrogen-bond donors (Lipinski definition) is 3. The zero-order chi connectivity index (χ0) is 23.4. The van der Waals surface area contributed by atoms with Crippen LogP contribution in [-0.2, 0) is 0 Å². The molecule has 0 aromatic heterocycles. The second-order valence-electron chi connectivity index (χ2n) is 7.75. The molecule has 5 rings (SSSR count). The third kappa shape index (κ3) is 3.70. The number of rotatable bonds is 2. The molecular weight excluding hydrogens is 475 g/mol. The van der Waals surface area contributed by atoms with Gasteiger partial charge in [0.15, 0.2) is 0 Å². The van der Waals surface area contributed by atoms with Crippen LogP contribution in [-0.4, -0.2) is 23.6 Å². The largest absolute Gasteiger partial charge is 0.386 e. The van der Waals surface area contributed by atoms with Gasteiger partial charge in [0, 0.05) is 32.3 Å². The molecule has 168 valence electrons. The van der Waals surface area contributed by atoms with Crippen LogP contribution in [0, 0.1) is 11.6 Å². The predicted molar refractivity (Wildman–Crippen MR) is 120 cm³/mol. The number of halogens is 4. The van der Waals surface area contributed by atoms with Gasteiger partial charge in [-0.15, -0.1) is 0 Å². The van der Waals surface area contributed by atoms with Crippen LogP contribution in [0.1, 0.15) is 39.2 Å². The van der Waals surface area contributed by atoms with E-state index in [0.717, 1.165) is 0 Å². The minimum Gasteiger partial charge on any atom is -0.386 e. The lowest BCUT2D eigenvalue weighted by molar-refractivity contribution is 0.0960. The van der Waals surface area contributed by atoms with E-state index in [1.807, 2.05) is 0 Å². The molecule has 0 aliphatic carbocycles. The van der Waals surface area contributed by atoms with Gasteiger partial charge in [-0.25, -0.2) is 13.6 Å². The number of β-amino-alcohol motifs (C(OH)–C–C–N with tert-alkyl or cyclic N) is 1. The smallest absolute Gasteiger partial charge is 0.326 e. The van der Waals surface area contributed by atoms with Crippen molar-refractivity contribution in [3.8, 4) is 0 Å². The van der Waals surface area contributed by atoms with Gasteiger partial charge in [0.25, 0.3) is 5.91 Å². The van der Waals surface area contributed by atoms with E-state index in [9.17, 15) is 23.5 Å².